The van der Waals surface area contributed by atoms with Crippen LogP contribution in [0.1, 0.15) is 82.1 Å². The average Bonchev–Trinajstić information content (AvgIpc) is 1.55. The molecular formula is C48H88B5N8O26. The van der Waals surface area contributed by atoms with E-state index in [0.717, 1.165) is 7.11 Å². The predicted molar refractivity (Wildman–Crippen MR) is 306 cm³/mol. The van der Waals surface area contributed by atoms with Gasteiger partial charge in [-0.2, -0.15) is 0 Å². The van der Waals surface area contributed by atoms with Crippen LogP contribution in [0.2, 0.25) is 0 Å². The van der Waals surface area contributed by atoms with Crippen molar-refractivity contribution in [2.45, 2.75) is 217 Å². The molecule has 0 spiro atoms. The maximum Gasteiger partial charge on any atom is 0.326 e. The third-order valence-electron chi connectivity index (χ3n) is 12.6. The molecule has 4 saturated heterocycles. The molecule has 4 fully saturated rings. The van der Waals surface area contributed by atoms with Crippen molar-refractivity contribution in [3.05, 3.63) is 0 Å². The van der Waals surface area contributed by atoms with Gasteiger partial charge in [0, 0.05) is 84.1 Å². The number of nitrogens with one attached hydrogen (secondary N) is 7. The molecule has 0 aromatic carbocycles. The number of methoxy groups -OCH3 is 1. The van der Waals surface area contributed by atoms with E-state index in [0.29, 0.717) is 0 Å². The molecule has 0 aliphatic carbocycles. The lowest BCUT2D eigenvalue weighted by Crippen LogP contribution is -2.64. The van der Waals surface area contributed by atoms with E-state index in [9.17, 15) is 63.9 Å². The first-order valence-electron chi connectivity index (χ1n) is 26.7. The Morgan fingerprint density at radius 1 is 0.483 bits per heavy atom. The minimum Gasteiger partial charge on any atom is -0.480 e. The lowest BCUT2D eigenvalue weighted by Gasteiger charge is -2.43. The molecule has 2 unspecified atom stereocenters. The van der Waals surface area contributed by atoms with Crippen molar-refractivity contribution in [3.63, 3.8) is 0 Å². The van der Waals surface area contributed by atoms with E-state index >= 15 is 0 Å². The van der Waals surface area contributed by atoms with Gasteiger partial charge in [-0.25, -0.2) is 4.79 Å². The number of hydrogen-bond donors (Lipinski definition) is 15. The van der Waals surface area contributed by atoms with Gasteiger partial charge in [0.2, 0.25) is 41.4 Å². The summed E-state index contributed by atoms with van der Waals surface area (Å²) in [7, 11) is 26.0. The molecule has 4 heterocycles. The molecule has 4 aliphatic rings. The highest BCUT2D eigenvalue weighted by Crippen LogP contribution is 2.27. The lowest BCUT2D eigenvalue weighted by molar-refractivity contribution is -0.256. The van der Waals surface area contributed by atoms with Crippen LogP contribution in [-0.2, 0) is 90.1 Å². The number of nitrogens with two attached hydrogens (primary N) is 1. The first kappa shape index (κ1) is 86.6. The molecule has 4 rings (SSSR count). The zero-order chi connectivity index (χ0) is 66.9. The Morgan fingerprint density at radius 2 is 0.759 bits per heavy atom. The molecule has 22 atom stereocenters. The maximum absolute atomic E-state index is 11.8. The summed E-state index contributed by atoms with van der Waals surface area (Å²) in [5, 5.41) is 82.6. The van der Waals surface area contributed by atoms with Crippen LogP contribution in [0.3, 0.4) is 0 Å². The topological polar surface area (TPSA) is 490 Å². The number of carboxylic acid groups (broad SMARTS) is 1. The summed E-state index contributed by atoms with van der Waals surface area (Å²) in [6.07, 6.45) is -13.8. The molecule has 491 valence electrons. The van der Waals surface area contributed by atoms with E-state index in [1.165, 1.54) is 62.7 Å². The van der Waals surface area contributed by atoms with Crippen LogP contribution in [-0.4, -0.2) is 300 Å². The molecule has 34 nitrogen and oxygen atoms in total. The number of aliphatic hydroxyl groups excluding tert-OH is 6. The highest BCUT2D eigenvalue weighted by atomic mass is 16.7. The van der Waals surface area contributed by atoms with Crippen molar-refractivity contribution < 1.29 is 126 Å². The van der Waals surface area contributed by atoms with E-state index in [2.05, 4.69) is 47.6 Å². The average molecular weight is 1250 g/mol. The molecule has 4 aliphatic heterocycles. The number of carbonyl (C=O) groups is 8. The Morgan fingerprint density at radius 3 is 1.05 bits per heavy atom. The third kappa shape index (κ3) is 29.7. The summed E-state index contributed by atoms with van der Waals surface area (Å²) in [6.45, 7) is 14.1. The number of likely N-dealkylation sites (N-methyl/N-ethyl adjacent to an activating group) is 1. The van der Waals surface area contributed by atoms with Crippen molar-refractivity contribution >= 4 is 87.9 Å². The quantitative estimate of drug-likeness (QED) is 0.0475. The fraction of sp³-hybridized carbons (Fsp3) is 0.833. The van der Waals surface area contributed by atoms with Crippen LogP contribution >= 0.6 is 0 Å². The van der Waals surface area contributed by atoms with Gasteiger partial charge in [-0.05, 0) is 34.7 Å². The second kappa shape index (κ2) is 45.6. The van der Waals surface area contributed by atoms with Crippen LogP contribution < -0.4 is 43.0 Å². The van der Waals surface area contributed by atoms with Gasteiger partial charge in [-0.1, -0.05) is 0 Å². The zero-order valence-electron chi connectivity index (χ0n) is 51.4. The van der Waals surface area contributed by atoms with Gasteiger partial charge < -0.3 is 130 Å². The van der Waals surface area contributed by atoms with Crippen LogP contribution in [0.25, 0.3) is 0 Å². The summed E-state index contributed by atoms with van der Waals surface area (Å²) < 4.78 is 56.5. The molecule has 0 aromatic heterocycles. The maximum atomic E-state index is 11.8. The molecule has 87 heavy (non-hydrogen) atoms. The standard InChI is InChI=1S/C15H26BN3O7.C14H23BN2O8.C9H16BNO5.C8H14BNO5.CH5N.CH4O.B/c1-7-12(22)13(26-16)11(19-9(3)21)15(25-7)24-6-5-10(14(23)17-4)18-8(2)20;1-6-11(20)12(25-15)10(17-8(3)19)14(24-6)23-5-4-9(13(21)22)16-7(2)18;1-4-7(13)8(16-10)6(11-5(2)12)9(14-3)15-4;1-3-6(12)7(15-9)5(8(13)14-3)10-4(2)11;2*1-2;/h7,10-13,15,22H,5-6H2,1-4H3,(H,17,23)(H,18,20)(H,19,21);6,9-12,14,20H,4-5H2,1-3H3,(H,16,18)(H,17,19)(H,21,22);4,6-9,13H,1-3H3,(H,11,12);3,5-8,12-13H,1-2H3,(H,10,11);2H2,1H3;2H,1H3;/t7-,10?,11-,12+,13-,15+;6-,9?,10-,11+,12-,14+;4-,6-,7+,8-,9+;3-,5-,6+,7-,8+;;;/m1111.../s1. The number of carbonyl (C=O) groups excluding carboxylic acids is 7. The van der Waals surface area contributed by atoms with Crippen LogP contribution in [0.5, 0.6) is 0 Å². The van der Waals surface area contributed by atoms with Crippen LogP contribution in [0.4, 0.5) is 0 Å². The molecule has 0 bridgehead atoms. The highest BCUT2D eigenvalue weighted by Gasteiger charge is 2.48. The number of hydrogen-bond acceptors (Lipinski definition) is 26. The summed E-state index contributed by atoms with van der Waals surface area (Å²) in [5.41, 5.74) is 4.50. The first-order chi connectivity index (χ1) is 40.3. The molecular weight excluding hydrogens is 1160 g/mol. The van der Waals surface area contributed by atoms with E-state index in [1.807, 2.05) is 0 Å². The minimum absolute atomic E-state index is 0. The number of aliphatic hydroxyl groups is 6. The van der Waals surface area contributed by atoms with E-state index in [-0.39, 0.29) is 64.0 Å². The molecule has 0 aromatic rings. The molecule has 11 radical (unpaired) electrons. The Hall–Kier alpha value is -4.64. The van der Waals surface area contributed by atoms with Gasteiger partial charge in [0.15, 0.2) is 25.2 Å². The van der Waals surface area contributed by atoms with Crippen molar-refractivity contribution in [1.82, 2.24) is 37.2 Å². The molecule has 0 saturated carbocycles. The van der Waals surface area contributed by atoms with Crippen molar-refractivity contribution in [1.29, 1.82) is 0 Å². The number of aliphatic carboxylic acids is 1. The zero-order valence-corrected chi connectivity index (χ0v) is 51.4. The summed E-state index contributed by atoms with van der Waals surface area (Å²) >= 11 is 0. The van der Waals surface area contributed by atoms with E-state index < -0.39 is 152 Å². The summed E-state index contributed by atoms with van der Waals surface area (Å²) in [4.78, 5) is 89.8. The van der Waals surface area contributed by atoms with Crippen LogP contribution in [0.15, 0.2) is 0 Å². The van der Waals surface area contributed by atoms with Gasteiger partial charge in [0.1, 0.15) is 60.7 Å². The Balaban J connectivity index is -0.00000108. The second-order valence-corrected chi connectivity index (χ2v) is 19.1. The molecule has 7 amide bonds. The normalized spacial score (nSPS) is 32.0. The Labute approximate surface area is 513 Å². The van der Waals surface area contributed by atoms with Gasteiger partial charge in [-0.3, -0.25) is 33.6 Å². The van der Waals surface area contributed by atoms with Crippen molar-refractivity contribution in [2.24, 2.45) is 5.73 Å². The van der Waals surface area contributed by atoms with Gasteiger partial charge in [0.25, 0.3) is 32.2 Å². The Kier molecular flexibility index (Phi) is 45.4. The molecule has 39 heteroatoms. The first-order valence-corrected chi connectivity index (χ1v) is 26.7. The smallest absolute Gasteiger partial charge is 0.326 e. The largest absolute Gasteiger partial charge is 0.480 e. The minimum atomic E-state index is -1.25. The Bertz CT molecular complexity index is 2030. The van der Waals surface area contributed by atoms with Crippen molar-refractivity contribution in [3.8, 4) is 0 Å². The predicted octanol–water partition coefficient (Wildman–Crippen LogP) is -8.64. The number of amides is 7. The lowest BCUT2D eigenvalue weighted by atomic mass is 9.96. The number of carboxylic acids is 1. The van der Waals surface area contributed by atoms with Gasteiger partial charge in [-0.15, -0.1) is 0 Å². The van der Waals surface area contributed by atoms with E-state index in [4.69, 9.17) is 89.5 Å². The monoisotopic (exact) mass is 1250 g/mol. The fourth-order valence-corrected chi connectivity index (χ4v) is 8.55. The van der Waals surface area contributed by atoms with E-state index in [1.54, 1.807) is 27.7 Å². The van der Waals surface area contributed by atoms with Gasteiger partial charge in [0.05, 0.1) is 62.0 Å². The number of ether oxygens (including phenoxy) is 7. The summed E-state index contributed by atoms with van der Waals surface area (Å²) in [5.74, 6) is -3.83. The third-order valence-corrected chi connectivity index (χ3v) is 12.6. The second-order valence-electron chi connectivity index (χ2n) is 19.1. The fourth-order valence-electron chi connectivity index (χ4n) is 8.55. The highest BCUT2D eigenvalue weighted by molar-refractivity contribution is 5.99. The number of rotatable bonds is 21. The summed E-state index contributed by atoms with van der Waals surface area (Å²) in [6, 6.07) is -5.15. The molecule has 16 N–H and O–H groups in total. The van der Waals surface area contributed by atoms with Gasteiger partial charge >= 0.3 is 5.97 Å². The van der Waals surface area contributed by atoms with Crippen LogP contribution in [0, 0.1) is 0 Å². The SMILES string of the molecule is CN.CO.[B].[B]O[C@H]1[C@@H](O)[C@@H](C)O[C@H](O)[C@@H]1NC(C)=O.[B]O[C@H]1[C@@H](O)[C@@H](C)O[C@H](OC)[C@@H]1NC(C)=O.[B]O[C@H]1[C@@H](O)[C@@H](C)O[C@H](OCCC(NC(C)=O)C(=O)NC)[C@@H]1NC(C)=O.[B]O[C@H]1[C@@H](O)[C@@H](C)O[C@H](OCCC(NC(C)=O)C(=O)O)[C@@H]1NC(C)=O. The van der Waals surface area contributed by atoms with Crippen molar-refractivity contribution in [2.75, 3.05) is 41.5 Å².